The number of piperazine rings is 1. The van der Waals surface area contributed by atoms with Crippen molar-refractivity contribution in [1.82, 2.24) is 14.4 Å². The Hall–Kier alpha value is -3.41. The maximum Gasteiger partial charge on any atom is 0.387 e. The summed E-state index contributed by atoms with van der Waals surface area (Å²) >= 11 is 13.8. The minimum Gasteiger partial charge on any atom is -0.488 e. The molecule has 2 atom stereocenters. The number of alkyl halides is 2. The Labute approximate surface area is 268 Å². The Bertz CT molecular complexity index is 1710. The van der Waals surface area contributed by atoms with Crippen LogP contribution in [0.1, 0.15) is 32.2 Å². The summed E-state index contributed by atoms with van der Waals surface area (Å²) in [5.74, 6) is -1.37. The number of rotatable bonds is 7. The molecule has 2 saturated heterocycles. The summed E-state index contributed by atoms with van der Waals surface area (Å²) in [7, 11) is 0. The number of carbonyl (C=O) groups is 1. The van der Waals surface area contributed by atoms with E-state index in [1.165, 1.54) is 18.2 Å². The predicted molar refractivity (Wildman–Crippen MR) is 169 cm³/mol. The van der Waals surface area contributed by atoms with E-state index in [4.69, 9.17) is 32.7 Å². The lowest BCUT2D eigenvalue weighted by Gasteiger charge is -2.42. The van der Waals surface area contributed by atoms with E-state index in [2.05, 4.69) is 11.5 Å². The van der Waals surface area contributed by atoms with E-state index in [1.807, 2.05) is 11.8 Å². The van der Waals surface area contributed by atoms with Gasteiger partial charge in [-0.25, -0.2) is 4.39 Å². The molecular formula is C32H33Cl2F3N4O4. The van der Waals surface area contributed by atoms with Crippen LogP contribution >= 0.6 is 23.2 Å². The van der Waals surface area contributed by atoms with E-state index in [-0.39, 0.29) is 45.5 Å². The number of likely N-dealkylation sites (tertiary alicyclic amines) is 1. The van der Waals surface area contributed by atoms with Gasteiger partial charge in [0.05, 0.1) is 33.4 Å². The molecule has 3 aliphatic heterocycles. The van der Waals surface area contributed by atoms with Crippen LogP contribution in [0.5, 0.6) is 11.5 Å². The third-order valence-electron chi connectivity index (χ3n) is 8.86. The van der Waals surface area contributed by atoms with Gasteiger partial charge in [0, 0.05) is 37.6 Å². The van der Waals surface area contributed by atoms with Crippen LogP contribution in [0.3, 0.4) is 0 Å². The van der Waals surface area contributed by atoms with Gasteiger partial charge in [-0.3, -0.25) is 14.2 Å². The van der Waals surface area contributed by atoms with Crippen LogP contribution in [0, 0.1) is 5.82 Å². The minimum atomic E-state index is -3.22. The van der Waals surface area contributed by atoms with Gasteiger partial charge < -0.3 is 24.2 Å². The molecule has 0 saturated carbocycles. The van der Waals surface area contributed by atoms with Crippen LogP contribution in [-0.2, 0) is 4.79 Å². The molecule has 1 aromatic heterocycles. The fourth-order valence-corrected chi connectivity index (χ4v) is 7.45. The van der Waals surface area contributed by atoms with E-state index in [1.54, 1.807) is 15.5 Å². The molecule has 8 nitrogen and oxygen atoms in total. The molecule has 3 aliphatic rings. The molecule has 45 heavy (non-hydrogen) atoms. The number of benzene rings is 2. The van der Waals surface area contributed by atoms with Crippen molar-refractivity contribution in [2.45, 2.75) is 44.9 Å². The predicted octanol–water partition coefficient (Wildman–Crippen LogP) is 6.36. The standard InChI is InChI=1S/C32H33Cl2F3N4O4/c1-3-24(42)39-12-13-40(18(2)15-39)28-20-14-21(33)25(26-22(35)8-7-9-23(26)45-32(36)37)30-29(20)41(31(43)27(28)34)19(17-44-30)16-38-10-5-4-6-11-38/h3,7-9,14,18-19,32H,1,4-6,10-13,15-17H2,2H3/t18-,19?/m0/s1. The maximum absolute atomic E-state index is 15.5. The number of piperidine rings is 1. The molecule has 240 valence electrons. The molecule has 13 heteroatoms. The number of halogens is 5. The Morgan fingerprint density at radius 3 is 2.60 bits per heavy atom. The second-order valence-electron chi connectivity index (χ2n) is 11.6. The molecule has 0 N–H and O–H groups in total. The van der Waals surface area contributed by atoms with E-state index in [9.17, 15) is 18.4 Å². The topological polar surface area (TPSA) is 67.2 Å². The van der Waals surface area contributed by atoms with Crippen LogP contribution in [0.4, 0.5) is 18.9 Å². The summed E-state index contributed by atoms with van der Waals surface area (Å²) in [5.41, 5.74) is 0.0175. The van der Waals surface area contributed by atoms with Crippen molar-refractivity contribution >= 4 is 45.7 Å². The Morgan fingerprint density at radius 2 is 1.91 bits per heavy atom. The first-order valence-corrected chi connectivity index (χ1v) is 15.7. The first kappa shape index (κ1) is 31.6. The highest BCUT2D eigenvalue weighted by Crippen LogP contribution is 2.51. The van der Waals surface area contributed by atoms with Gasteiger partial charge in [-0.1, -0.05) is 42.3 Å². The van der Waals surface area contributed by atoms with Gasteiger partial charge in [0.15, 0.2) is 5.75 Å². The number of nitrogens with zero attached hydrogens (tertiary/aromatic N) is 4. The zero-order valence-corrected chi connectivity index (χ0v) is 26.2. The number of hydrogen-bond donors (Lipinski definition) is 0. The largest absolute Gasteiger partial charge is 0.488 e. The average Bonchev–Trinajstić information content (AvgIpc) is 3.01. The maximum atomic E-state index is 15.5. The van der Waals surface area contributed by atoms with Gasteiger partial charge in [-0.2, -0.15) is 8.78 Å². The number of aromatic nitrogens is 1. The summed E-state index contributed by atoms with van der Waals surface area (Å²) < 4.78 is 55.0. The van der Waals surface area contributed by atoms with Crippen molar-refractivity contribution in [3.8, 4) is 22.6 Å². The third-order valence-corrected chi connectivity index (χ3v) is 9.50. The van der Waals surface area contributed by atoms with E-state index >= 15 is 4.39 Å². The zero-order valence-electron chi connectivity index (χ0n) is 24.7. The summed E-state index contributed by atoms with van der Waals surface area (Å²) in [6, 6.07) is 4.51. The average molecular weight is 666 g/mol. The molecule has 2 fully saturated rings. The fraction of sp³-hybridized carbons (Fsp3) is 0.438. The summed E-state index contributed by atoms with van der Waals surface area (Å²) in [4.78, 5) is 32.5. The Balaban J connectivity index is 1.59. The Morgan fingerprint density at radius 1 is 1.16 bits per heavy atom. The van der Waals surface area contributed by atoms with Crippen molar-refractivity contribution in [2.75, 3.05) is 50.8 Å². The molecule has 6 rings (SSSR count). The van der Waals surface area contributed by atoms with Crippen LogP contribution in [0.25, 0.3) is 22.0 Å². The molecule has 0 radical (unpaired) electrons. The van der Waals surface area contributed by atoms with Crippen molar-refractivity contribution in [3.63, 3.8) is 0 Å². The lowest BCUT2D eigenvalue weighted by atomic mass is 9.97. The number of pyridine rings is 1. The highest BCUT2D eigenvalue weighted by molar-refractivity contribution is 6.37. The smallest absolute Gasteiger partial charge is 0.387 e. The highest BCUT2D eigenvalue weighted by Gasteiger charge is 2.37. The number of amides is 1. The van der Waals surface area contributed by atoms with Crippen molar-refractivity contribution in [2.24, 2.45) is 0 Å². The van der Waals surface area contributed by atoms with Crippen LogP contribution in [0.2, 0.25) is 10.0 Å². The quantitative estimate of drug-likeness (QED) is 0.274. The van der Waals surface area contributed by atoms with E-state index < -0.39 is 29.8 Å². The summed E-state index contributed by atoms with van der Waals surface area (Å²) in [6.45, 7) is 5.73. The number of ether oxygens (including phenoxy) is 2. The molecule has 0 spiro atoms. The van der Waals surface area contributed by atoms with Crippen LogP contribution in [-0.4, -0.2) is 78.8 Å². The minimum absolute atomic E-state index is 0.00482. The van der Waals surface area contributed by atoms with Crippen molar-refractivity contribution in [1.29, 1.82) is 0 Å². The third kappa shape index (κ3) is 5.74. The van der Waals surface area contributed by atoms with Gasteiger partial charge in [0.25, 0.3) is 5.56 Å². The Kier molecular flexibility index (Phi) is 8.96. The molecule has 1 amide bonds. The van der Waals surface area contributed by atoms with Gasteiger partial charge in [-0.15, -0.1) is 0 Å². The zero-order chi connectivity index (χ0) is 32.0. The molecule has 2 aromatic carbocycles. The monoisotopic (exact) mass is 664 g/mol. The number of carbonyl (C=O) groups excluding carboxylic acids is 1. The molecule has 4 heterocycles. The molecule has 0 bridgehead atoms. The lowest BCUT2D eigenvalue weighted by Crippen LogP contribution is -2.54. The van der Waals surface area contributed by atoms with Gasteiger partial charge in [0.1, 0.15) is 23.2 Å². The normalized spacial score (nSPS) is 20.4. The molecule has 3 aromatic rings. The first-order valence-electron chi connectivity index (χ1n) is 15.0. The molecule has 0 aliphatic carbocycles. The molecule has 1 unspecified atom stereocenters. The lowest BCUT2D eigenvalue weighted by molar-refractivity contribution is -0.126. The van der Waals surface area contributed by atoms with Gasteiger partial charge >= 0.3 is 6.61 Å². The van der Waals surface area contributed by atoms with E-state index in [0.717, 1.165) is 38.4 Å². The summed E-state index contributed by atoms with van der Waals surface area (Å²) in [6.07, 6.45) is 4.50. The SMILES string of the molecule is C=CC(=O)N1CCN(c2c(Cl)c(=O)n3c4c(c(-c5c(F)cccc5OC(F)F)c(Cl)cc24)OCC3CN2CCCCC2)[C@@H](C)C1. The second kappa shape index (κ2) is 12.8. The second-order valence-corrected chi connectivity index (χ2v) is 12.4. The van der Waals surface area contributed by atoms with Gasteiger partial charge in [0.2, 0.25) is 5.91 Å². The fourth-order valence-electron chi connectivity index (χ4n) is 6.85. The van der Waals surface area contributed by atoms with Crippen LogP contribution in [0.15, 0.2) is 41.7 Å². The van der Waals surface area contributed by atoms with Gasteiger partial charge in [-0.05, 0) is 57.1 Å². The highest BCUT2D eigenvalue weighted by atomic mass is 35.5. The first-order chi connectivity index (χ1) is 21.6. The number of anilines is 1. The van der Waals surface area contributed by atoms with Crippen molar-refractivity contribution < 1.29 is 27.4 Å². The number of hydrogen-bond acceptors (Lipinski definition) is 6. The molecular weight excluding hydrogens is 632 g/mol. The van der Waals surface area contributed by atoms with Crippen molar-refractivity contribution in [3.05, 3.63) is 63.1 Å². The van der Waals surface area contributed by atoms with Crippen LogP contribution < -0.4 is 19.9 Å². The summed E-state index contributed by atoms with van der Waals surface area (Å²) in [5, 5.41) is 0.493. The van der Waals surface area contributed by atoms with E-state index in [0.29, 0.717) is 42.8 Å².